The number of hydrogen-bond donors (Lipinski definition) is 0. The number of alkyl halides is 34. The molecule has 0 bridgehead atoms. The molecule has 0 unspecified atom stereocenters. The second-order valence-electron chi connectivity index (χ2n) is 11.9. The highest BCUT2D eigenvalue weighted by Crippen LogP contribution is 2.66. The van der Waals surface area contributed by atoms with Gasteiger partial charge in [-0.05, 0) is 25.7 Å². The quantitative estimate of drug-likeness (QED) is 0.0568. The van der Waals surface area contributed by atoms with Crippen molar-refractivity contribution in [3.8, 4) is 0 Å². The highest BCUT2D eigenvalue weighted by molar-refractivity contribution is 8.76. The smallest absolute Gasteiger partial charge is 0.200 e. The third-order valence-corrected chi connectivity index (χ3v) is 10.2. The second-order valence-corrected chi connectivity index (χ2v) is 14.6. The van der Waals surface area contributed by atoms with Crippen LogP contribution < -0.4 is 0 Å². The summed E-state index contributed by atoms with van der Waals surface area (Å²) in [6, 6.07) is 0. The van der Waals surface area contributed by atoms with Gasteiger partial charge in [0.25, 0.3) is 0 Å². The summed E-state index contributed by atoms with van der Waals surface area (Å²) in [6.07, 6.45) is -26.8. The van der Waals surface area contributed by atoms with Gasteiger partial charge in [-0.15, -0.1) is 0 Å². The van der Waals surface area contributed by atoms with Gasteiger partial charge in [-0.3, -0.25) is 0 Å². The Morgan fingerprint density at radius 1 is 0.200 bits per heavy atom. The van der Waals surface area contributed by atoms with Crippen molar-refractivity contribution < 1.29 is 149 Å². The summed E-state index contributed by atoms with van der Waals surface area (Å²) in [6.45, 7) is 0. The highest BCUT2D eigenvalue weighted by atomic mass is 33.1. The van der Waals surface area contributed by atoms with Crippen LogP contribution in [0.1, 0.15) is 38.5 Å². The Balaban J connectivity index is 5.53. The molecule has 0 aliphatic heterocycles. The lowest BCUT2D eigenvalue weighted by molar-refractivity contribution is -0.461. The van der Waals surface area contributed by atoms with E-state index in [-0.39, 0.29) is 21.6 Å². The van der Waals surface area contributed by atoms with Crippen molar-refractivity contribution in [1.82, 2.24) is 0 Å². The maximum Gasteiger partial charge on any atom is 0.460 e. The molecule has 0 fully saturated rings. The van der Waals surface area contributed by atoms with E-state index in [9.17, 15) is 149 Å². The fourth-order valence-corrected chi connectivity index (χ4v) is 6.13. The van der Waals surface area contributed by atoms with Gasteiger partial charge in [0, 0.05) is 24.3 Å². The zero-order valence-corrected chi connectivity index (χ0v) is 29.0. The van der Waals surface area contributed by atoms with Gasteiger partial charge in [0.05, 0.1) is 0 Å². The van der Waals surface area contributed by atoms with E-state index in [4.69, 9.17) is 0 Å². The monoisotopic (exact) mass is 1010 g/mol. The van der Waals surface area contributed by atoms with E-state index in [2.05, 4.69) is 0 Å². The maximum absolute atomic E-state index is 13.9. The van der Waals surface area contributed by atoms with E-state index in [0.29, 0.717) is 0 Å². The highest BCUT2D eigenvalue weighted by Gasteiger charge is 2.96. The Morgan fingerprint density at radius 3 is 0.550 bits per heavy atom. The van der Waals surface area contributed by atoms with Gasteiger partial charge in [0.1, 0.15) is 0 Å². The zero-order valence-electron chi connectivity index (χ0n) is 27.3. The predicted octanol–water partition coefficient (Wildman–Crippen LogP) is 14.7. The van der Waals surface area contributed by atoms with E-state index in [1.54, 1.807) is 0 Å². The third-order valence-electron chi connectivity index (χ3n) is 7.59. The van der Waals surface area contributed by atoms with Crippen molar-refractivity contribution >= 4 is 21.6 Å². The average molecular weight is 1010 g/mol. The molecule has 0 atom stereocenters. The van der Waals surface area contributed by atoms with Crippen LogP contribution in [0.4, 0.5) is 149 Å². The first kappa shape index (κ1) is 58.3. The molecule has 0 spiro atoms. The zero-order chi connectivity index (χ0) is 49.1. The van der Waals surface area contributed by atoms with Crippen LogP contribution in [0, 0.1) is 0 Å². The molecule has 0 aliphatic carbocycles. The lowest BCUT2D eigenvalue weighted by Gasteiger charge is -2.42. The van der Waals surface area contributed by atoms with Crippen LogP contribution in [0.25, 0.3) is 0 Å². The minimum absolute atomic E-state index is 0.231. The van der Waals surface area contributed by atoms with Gasteiger partial charge in [-0.2, -0.15) is 149 Å². The summed E-state index contributed by atoms with van der Waals surface area (Å²) in [7, 11) is 0.463. The van der Waals surface area contributed by atoms with Gasteiger partial charge >= 0.3 is 95.3 Å². The van der Waals surface area contributed by atoms with Crippen molar-refractivity contribution in [2.45, 2.75) is 134 Å². The van der Waals surface area contributed by atoms with Crippen molar-refractivity contribution in [1.29, 1.82) is 0 Å². The van der Waals surface area contributed by atoms with E-state index in [1.165, 1.54) is 0 Å². The topological polar surface area (TPSA) is 0 Å². The van der Waals surface area contributed by atoms with E-state index < -0.39 is 145 Å². The van der Waals surface area contributed by atoms with Crippen LogP contribution in [0.15, 0.2) is 0 Å². The summed E-state index contributed by atoms with van der Waals surface area (Å²) in [5.41, 5.74) is 0. The molecular formula is C24H16F34S2. The van der Waals surface area contributed by atoms with E-state index >= 15 is 0 Å². The first-order valence-electron chi connectivity index (χ1n) is 14.4. The summed E-state index contributed by atoms with van der Waals surface area (Å²) < 4.78 is 451. The summed E-state index contributed by atoms with van der Waals surface area (Å²) in [5, 5.41) is 0. The molecule has 0 radical (unpaired) electrons. The molecule has 0 saturated carbocycles. The molecule has 0 heterocycles. The SMILES string of the molecule is FC(F)(F)C(F)(F)C(F)(F)C(F)(F)C(F)(F)C(F)(F)C(F)(F)C(F)(F)CCCCSSCCCCC(F)(F)C(F)(F)C(F)(F)C(F)(F)C(F)(F)C(F)(F)C(F)(F)C(F)(F)F. The molecule has 0 rings (SSSR count). The van der Waals surface area contributed by atoms with Crippen molar-refractivity contribution in [2.75, 3.05) is 11.5 Å². The first-order valence-corrected chi connectivity index (χ1v) is 16.9. The van der Waals surface area contributed by atoms with Crippen LogP contribution in [0.3, 0.4) is 0 Å². The molecule has 0 saturated heterocycles. The van der Waals surface area contributed by atoms with Crippen LogP contribution >= 0.6 is 21.6 Å². The van der Waals surface area contributed by atoms with Gasteiger partial charge in [0.2, 0.25) is 0 Å². The lowest BCUT2D eigenvalue weighted by atomic mass is 9.88. The Hall–Kier alpha value is -1.68. The summed E-state index contributed by atoms with van der Waals surface area (Å²) >= 11 is 0. The molecule has 362 valence electrons. The van der Waals surface area contributed by atoms with Crippen LogP contribution in [-0.4, -0.2) is 107 Å². The van der Waals surface area contributed by atoms with Gasteiger partial charge in [-0.25, -0.2) is 0 Å². The number of hydrogen-bond acceptors (Lipinski definition) is 2. The van der Waals surface area contributed by atoms with Crippen molar-refractivity contribution in [2.24, 2.45) is 0 Å². The largest absolute Gasteiger partial charge is 0.460 e. The molecular weight excluding hydrogens is 998 g/mol. The van der Waals surface area contributed by atoms with Crippen LogP contribution in [-0.2, 0) is 0 Å². The average Bonchev–Trinajstić information content (AvgIpc) is 3.03. The molecule has 60 heavy (non-hydrogen) atoms. The van der Waals surface area contributed by atoms with Crippen LogP contribution in [0.2, 0.25) is 0 Å². The van der Waals surface area contributed by atoms with Gasteiger partial charge in [0.15, 0.2) is 0 Å². The van der Waals surface area contributed by atoms with E-state index in [1.807, 2.05) is 0 Å². The molecule has 0 amide bonds. The Bertz CT molecular complexity index is 1310. The second kappa shape index (κ2) is 16.7. The lowest BCUT2D eigenvalue weighted by Crippen LogP contribution is -2.74. The normalized spacial score (nSPS) is 16.5. The maximum atomic E-state index is 13.9. The molecule has 36 heteroatoms. The molecule has 0 N–H and O–H groups in total. The Labute approximate surface area is 316 Å². The summed E-state index contributed by atoms with van der Waals surface area (Å²) in [4.78, 5) is 0. The minimum Gasteiger partial charge on any atom is -0.200 e. The Morgan fingerprint density at radius 2 is 0.367 bits per heavy atom. The molecule has 0 aromatic rings. The van der Waals surface area contributed by atoms with Gasteiger partial charge < -0.3 is 0 Å². The molecule has 0 aromatic heterocycles. The van der Waals surface area contributed by atoms with Crippen molar-refractivity contribution in [3.63, 3.8) is 0 Å². The van der Waals surface area contributed by atoms with Crippen molar-refractivity contribution in [3.05, 3.63) is 0 Å². The fourth-order valence-electron chi connectivity index (χ4n) is 3.84. The Kier molecular flexibility index (Phi) is 16.2. The summed E-state index contributed by atoms with van der Waals surface area (Å²) in [5.74, 6) is -117. The van der Waals surface area contributed by atoms with Crippen LogP contribution in [0.5, 0.6) is 0 Å². The minimum atomic E-state index is -8.85. The third kappa shape index (κ3) is 8.88. The van der Waals surface area contributed by atoms with Gasteiger partial charge in [-0.1, -0.05) is 21.6 Å². The first-order chi connectivity index (χ1) is 25.7. The molecule has 0 aromatic carbocycles. The molecule has 0 nitrogen and oxygen atoms in total. The standard InChI is InChI=1S/C24H16F34S2/c25-9(26,11(29,30)13(33,34)15(37,38)17(41,42)19(45,46)21(49,50)23(53,54)55)5-1-3-7-59-60-8-4-2-6-10(27,28)12(31,32)14(35,36)16(39,40)18(43,44)20(47,48)22(51,52)24(56,57)58/h1-8H2. The number of halogens is 34. The number of rotatable bonds is 23. The molecule has 0 aliphatic rings. The number of unbranched alkanes of at least 4 members (excludes halogenated alkanes) is 2. The fraction of sp³-hybridized carbons (Fsp3) is 1.00. The van der Waals surface area contributed by atoms with E-state index in [0.717, 1.165) is 0 Å². The predicted molar refractivity (Wildman–Crippen MR) is 134 cm³/mol.